The molecule has 1 atom stereocenters. The fraction of sp³-hybridized carbons (Fsp3) is 0.583. The molecule has 0 amide bonds. The SMILES string of the molecule is [K+].[c-]1nc2c3c(n[nH]c3n1)OCC1CCCCCN21. The van der Waals surface area contributed by atoms with Gasteiger partial charge in [-0.3, -0.25) is 0 Å². The number of nitrogens with zero attached hydrogens (tertiary/aromatic N) is 4. The van der Waals surface area contributed by atoms with Crippen LogP contribution in [-0.2, 0) is 0 Å². The summed E-state index contributed by atoms with van der Waals surface area (Å²) in [6.45, 7) is 1.70. The Morgan fingerprint density at radius 2 is 2.21 bits per heavy atom. The molecule has 4 heterocycles. The second-order valence-electron chi connectivity index (χ2n) is 4.91. The van der Waals surface area contributed by atoms with Crippen molar-refractivity contribution in [1.29, 1.82) is 0 Å². The largest absolute Gasteiger partial charge is 1.00 e. The van der Waals surface area contributed by atoms with Crippen molar-refractivity contribution >= 4 is 16.9 Å². The normalized spacial score (nSPS) is 21.9. The number of aromatic nitrogens is 4. The minimum absolute atomic E-state index is 0. The first-order valence-corrected chi connectivity index (χ1v) is 6.45. The molecule has 94 valence electrons. The summed E-state index contributed by atoms with van der Waals surface area (Å²) in [5.74, 6) is 1.55. The standard InChI is InChI=1S/C12H14N5O.K/c1-2-4-8-6-18-12-9-10(15-16-12)13-7-14-11(9)17(8)5-3-1;/h8H,1-6H2,(H,13,14,15,16);/q-1;+1. The van der Waals surface area contributed by atoms with Gasteiger partial charge in [-0.15, -0.1) is 5.10 Å². The summed E-state index contributed by atoms with van der Waals surface area (Å²) in [4.78, 5) is 10.8. The van der Waals surface area contributed by atoms with Crippen LogP contribution in [0.15, 0.2) is 0 Å². The average Bonchev–Trinajstić information content (AvgIpc) is 2.58. The molecule has 0 aliphatic carbocycles. The van der Waals surface area contributed by atoms with E-state index in [0.29, 0.717) is 24.2 Å². The van der Waals surface area contributed by atoms with Crippen LogP contribution in [0.25, 0.3) is 11.0 Å². The first-order chi connectivity index (χ1) is 8.93. The van der Waals surface area contributed by atoms with Gasteiger partial charge < -0.3 is 24.7 Å². The minimum atomic E-state index is 0. The van der Waals surface area contributed by atoms with Crippen molar-refractivity contribution in [3.8, 4) is 5.88 Å². The van der Waals surface area contributed by atoms with E-state index in [0.717, 1.165) is 24.2 Å². The molecule has 4 rings (SSSR count). The summed E-state index contributed by atoms with van der Waals surface area (Å²) in [5.41, 5.74) is 0.708. The van der Waals surface area contributed by atoms with Crippen molar-refractivity contribution in [2.24, 2.45) is 0 Å². The monoisotopic (exact) mass is 283 g/mol. The zero-order valence-electron chi connectivity index (χ0n) is 11.0. The summed E-state index contributed by atoms with van der Waals surface area (Å²) >= 11 is 0. The minimum Gasteiger partial charge on any atom is -0.475 e. The van der Waals surface area contributed by atoms with Gasteiger partial charge in [-0.05, 0) is 12.8 Å². The van der Waals surface area contributed by atoms with E-state index in [1.165, 1.54) is 19.3 Å². The Kier molecular flexibility index (Phi) is 4.09. The third-order valence-electron chi connectivity index (χ3n) is 3.82. The molecule has 1 fully saturated rings. The van der Waals surface area contributed by atoms with E-state index < -0.39 is 0 Å². The summed E-state index contributed by atoms with van der Waals surface area (Å²) in [6.07, 6.45) is 7.61. The van der Waals surface area contributed by atoms with Crippen LogP contribution in [0.2, 0.25) is 0 Å². The van der Waals surface area contributed by atoms with Crippen LogP contribution in [0.4, 0.5) is 5.82 Å². The first-order valence-electron chi connectivity index (χ1n) is 6.45. The van der Waals surface area contributed by atoms with Gasteiger partial charge in [-0.25, -0.2) is 0 Å². The van der Waals surface area contributed by atoms with Gasteiger partial charge in [-0.2, -0.15) is 0 Å². The molecule has 2 aromatic rings. The number of H-pyrrole nitrogens is 1. The van der Waals surface area contributed by atoms with Gasteiger partial charge in [0.25, 0.3) is 0 Å². The first kappa shape index (κ1) is 13.8. The van der Waals surface area contributed by atoms with Crippen LogP contribution >= 0.6 is 0 Å². The predicted octanol–water partition coefficient (Wildman–Crippen LogP) is -1.70. The Hall–Kier alpha value is -0.214. The van der Waals surface area contributed by atoms with Crippen LogP contribution < -0.4 is 61.0 Å². The number of aromatic amines is 1. The molecular weight excluding hydrogens is 269 g/mol. The molecule has 2 aliphatic heterocycles. The maximum absolute atomic E-state index is 5.81. The van der Waals surface area contributed by atoms with Crippen LogP contribution in [0, 0.1) is 6.33 Å². The van der Waals surface area contributed by atoms with Crippen molar-refractivity contribution in [2.75, 3.05) is 18.1 Å². The summed E-state index contributed by atoms with van der Waals surface area (Å²) < 4.78 is 5.81. The van der Waals surface area contributed by atoms with E-state index in [2.05, 4.69) is 31.4 Å². The van der Waals surface area contributed by atoms with Gasteiger partial charge in [0.15, 0.2) is 0 Å². The fourth-order valence-electron chi connectivity index (χ4n) is 2.89. The molecule has 1 unspecified atom stereocenters. The van der Waals surface area contributed by atoms with Gasteiger partial charge in [-0.1, -0.05) is 12.8 Å². The summed E-state index contributed by atoms with van der Waals surface area (Å²) in [7, 11) is 0. The van der Waals surface area contributed by atoms with Crippen molar-refractivity contribution in [3.63, 3.8) is 0 Å². The topological polar surface area (TPSA) is 66.9 Å². The van der Waals surface area contributed by atoms with Crippen LogP contribution in [0.3, 0.4) is 0 Å². The molecule has 2 aliphatic rings. The number of fused-ring (bicyclic) bond motifs is 2. The number of hydrogen-bond acceptors (Lipinski definition) is 5. The number of anilines is 1. The van der Waals surface area contributed by atoms with Gasteiger partial charge >= 0.3 is 51.4 Å². The molecule has 6 nitrogen and oxygen atoms in total. The number of nitrogens with one attached hydrogen (secondary N) is 1. The quantitative estimate of drug-likeness (QED) is 0.461. The molecule has 7 heteroatoms. The molecule has 0 spiro atoms. The molecule has 0 radical (unpaired) electrons. The molecular formula is C12H14KN5O. The number of hydrogen-bond donors (Lipinski definition) is 1. The van der Waals surface area contributed by atoms with E-state index >= 15 is 0 Å². The molecule has 0 bridgehead atoms. The zero-order valence-corrected chi connectivity index (χ0v) is 14.1. The second-order valence-corrected chi connectivity index (χ2v) is 4.91. The van der Waals surface area contributed by atoms with E-state index in [4.69, 9.17) is 4.74 Å². The number of rotatable bonds is 0. The van der Waals surface area contributed by atoms with Crippen LogP contribution in [0.5, 0.6) is 5.88 Å². The van der Waals surface area contributed by atoms with E-state index in [9.17, 15) is 0 Å². The maximum Gasteiger partial charge on any atom is 1.00 e. The van der Waals surface area contributed by atoms with E-state index in [1.807, 2.05) is 0 Å². The average molecular weight is 283 g/mol. The Labute approximate surface area is 153 Å². The molecule has 0 aromatic carbocycles. The van der Waals surface area contributed by atoms with Crippen LogP contribution in [-0.4, -0.2) is 39.4 Å². The predicted molar refractivity (Wildman–Crippen MR) is 65.6 cm³/mol. The Morgan fingerprint density at radius 1 is 1.26 bits per heavy atom. The third kappa shape index (κ3) is 2.31. The molecule has 2 aromatic heterocycles. The smallest absolute Gasteiger partial charge is 0.475 e. The zero-order chi connectivity index (χ0) is 11.9. The Balaban J connectivity index is 0.00000110. The molecule has 19 heavy (non-hydrogen) atoms. The van der Waals surface area contributed by atoms with Gasteiger partial charge in [0.1, 0.15) is 6.61 Å². The maximum atomic E-state index is 5.81. The third-order valence-corrected chi connectivity index (χ3v) is 3.82. The van der Waals surface area contributed by atoms with Crippen molar-refractivity contribution in [2.45, 2.75) is 31.7 Å². The van der Waals surface area contributed by atoms with Gasteiger partial charge in [0, 0.05) is 24.1 Å². The van der Waals surface area contributed by atoms with Crippen LogP contribution in [0.1, 0.15) is 25.7 Å². The molecule has 1 saturated heterocycles. The van der Waals surface area contributed by atoms with Gasteiger partial charge in [0.2, 0.25) is 5.88 Å². The summed E-state index contributed by atoms with van der Waals surface area (Å²) in [5, 5.41) is 7.95. The molecule has 1 N–H and O–H groups in total. The van der Waals surface area contributed by atoms with E-state index in [1.54, 1.807) is 0 Å². The second kappa shape index (κ2) is 5.65. The van der Waals surface area contributed by atoms with Gasteiger partial charge in [0.05, 0.1) is 11.7 Å². The Bertz CT molecular complexity index is 587. The number of ether oxygens (including phenoxy) is 1. The molecule has 0 saturated carbocycles. The van der Waals surface area contributed by atoms with Crippen molar-refractivity contribution < 1.29 is 56.1 Å². The van der Waals surface area contributed by atoms with E-state index in [-0.39, 0.29) is 51.4 Å². The van der Waals surface area contributed by atoms with Crippen molar-refractivity contribution in [1.82, 2.24) is 20.2 Å². The van der Waals surface area contributed by atoms with Crippen molar-refractivity contribution in [3.05, 3.63) is 6.33 Å². The Morgan fingerprint density at radius 3 is 3.16 bits per heavy atom. The summed E-state index contributed by atoms with van der Waals surface area (Å²) in [6, 6.07) is 0.396. The fourth-order valence-corrected chi connectivity index (χ4v) is 2.89.